The van der Waals surface area contributed by atoms with Crippen LogP contribution in [0, 0.1) is 19.8 Å². The molecule has 0 aromatic carbocycles. The molecule has 96 valence electrons. The minimum Gasteiger partial charge on any atom is -0.356 e. The van der Waals surface area contributed by atoms with Crippen molar-refractivity contribution < 1.29 is 4.79 Å². The molecule has 0 unspecified atom stereocenters. The second kappa shape index (κ2) is 6.42. The minimum absolute atomic E-state index is 0.115. The molecule has 1 aromatic rings. The number of nitrogens with zero attached hydrogens (tertiary/aromatic N) is 2. The molecule has 1 heterocycles. The molecule has 1 amide bonds. The largest absolute Gasteiger partial charge is 0.356 e. The Labute approximate surface area is 103 Å². The lowest BCUT2D eigenvalue weighted by Gasteiger charge is -2.10. The molecular weight excluding hydrogens is 214 g/mol. The lowest BCUT2D eigenvalue weighted by Crippen LogP contribution is -2.30. The van der Waals surface area contributed by atoms with E-state index in [1.54, 1.807) is 0 Å². The molecule has 0 aliphatic rings. The Kier molecular flexibility index (Phi) is 5.19. The summed E-state index contributed by atoms with van der Waals surface area (Å²) in [5.74, 6) is 0.268. The average Bonchev–Trinajstić information content (AvgIpc) is 2.62. The zero-order valence-electron chi connectivity index (χ0n) is 11.3. The van der Waals surface area contributed by atoms with E-state index in [4.69, 9.17) is 0 Å². The van der Waals surface area contributed by atoms with Crippen molar-refractivity contribution in [3.05, 3.63) is 17.5 Å². The monoisotopic (exact) mass is 237 g/mol. The first kappa shape index (κ1) is 13.7. The van der Waals surface area contributed by atoms with Crippen molar-refractivity contribution in [1.29, 1.82) is 0 Å². The summed E-state index contributed by atoms with van der Waals surface area (Å²) in [6.45, 7) is 9.62. The summed E-state index contributed by atoms with van der Waals surface area (Å²) < 4.78 is 1.99. The Balaban J connectivity index is 2.25. The van der Waals surface area contributed by atoms with E-state index in [2.05, 4.69) is 23.4 Å². The second-order valence-electron chi connectivity index (χ2n) is 4.60. The van der Waals surface area contributed by atoms with Gasteiger partial charge in [-0.2, -0.15) is 5.10 Å². The predicted molar refractivity (Wildman–Crippen MR) is 68.8 cm³/mol. The van der Waals surface area contributed by atoms with E-state index in [0.717, 1.165) is 31.6 Å². The summed E-state index contributed by atoms with van der Waals surface area (Å²) in [5, 5.41) is 7.33. The van der Waals surface area contributed by atoms with E-state index in [0.29, 0.717) is 0 Å². The van der Waals surface area contributed by atoms with Crippen molar-refractivity contribution in [2.75, 3.05) is 6.54 Å². The quantitative estimate of drug-likeness (QED) is 0.770. The van der Waals surface area contributed by atoms with Gasteiger partial charge < -0.3 is 5.32 Å². The van der Waals surface area contributed by atoms with Crippen LogP contribution >= 0.6 is 0 Å². The van der Waals surface area contributed by atoms with E-state index in [-0.39, 0.29) is 11.8 Å². The molecule has 0 aliphatic heterocycles. The van der Waals surface area contributed by atoms with Gasteiger partial charge in [0.25, 0.3) is 0 Å². The van der Waals surface area contributed by atoms with Crippen molar-refractivity contribution in [3.63, 3.8) is 0 Å². The summed E-state index contributed by atoms with van der Waals surface area (Å²) in [6, 6.07) is 2.07. The van der Waals surface area contributed by atoms with E-state index in [1.165, 1.54) is 5.69 Å². The molecular formula is C13H23N3O. The molecule has 1 aromatic heterocycles. The molecule has 17 heavy (non-hydrogen) atoms. The lowest BCUT2D eigenvalue weighted by molar-refractivity contribution is -0.124. The van der Waals surface area contributed by atoms with Crippen LogP contribution in [0.25, 0.3) is 0 Å². The van der Waals surface area contributed by atoms with Gasteiger partial charge in [-0.1, -0.05) is 13.8 Å². The van der Waals surface area contributed by atoms with E-state index in [1.807, 2.05) is 25.5 Å². The standard InChI is InChI=1S/C13H23N3O/c1-5-10(2)13(17)14-7-6-8-16-12(4)9-11(3)15-16/h9-10H,5-8H2,1-4H3,(H,14,17)/t10-/m0/s1. The second-order valence-corrected chi connectivity index (χ2v) is 4.60. The molecule has 0 radical (unpaired) electrons. The van der Waals surface area contributed by atoms with Crippen molar-refractivity contribution >= 4 is 5.91 Å². The van der Waals surface area contributed by atoms with Crippen LogP contribution in [-0.2, 0) is 11.3 Å². The van der Waals surface area contributed by atoms with E-state index >= 15 is 0 Å². The molecule has 0 fully saturated rings. The zero-order valence-corrected chi connectivity index (χ0v) is 11.3. The SMILES string of the molecule is CC[C@H](C)C(=O)NCCCn1nc(C)cc1C. The summed E-state index contributed by atoms with van der Waals surface area (Å²) >= 11 is 0. The molecule has 0 aliphatic carbocycles. The fourth-order valence-electron chi connectivity index (χ4n) is 1.70. The summed E-state index contributed by atoms with van der Waals surface area (Å²) in [6.07, 6.45) is 1.81. The summed E-state index contributed by atoms with van der Waals surface area (Å²) in [4.78, 5) is 11.5. The van der Waals surface area contributed by atoms with Crippen LogP contribution in [0.2, 0.25) is 0 Å². The van der Waals surface area contributed by atoms with Gasteiger partial charge in [0.05, 0.1) is 5.69 Å². The van der Waals surface area contributed by atoms with Crippen LogP contribution < -0.4 is 5.32 Å². The van der Waals surface area contributed by atoms with E-state index in [9.17, 15) is 4.79 Å². The fraction of sp³-hybridized carbons (Fsp3) is 0.692. The molecule has 0 saturated carbocycles. The number of nitrogens with one attached hydrogen (secondary N) is 1. The molecule has 1 rings (SSSR count). The van der Waals surface area contributed by atoms with Gasteiger partial charge in [-0.05, 0) is 32.8 Å². The number of aromatic nitrogens is 2. The molecule has 4 nitrogen and oxygen atoms in total. The number of hydrogen-bond acceptors (Lipinski definition) is 2. The Morgan fingerprint density at radius 2 is 2.24 bits per heavy atom. The van der Waals surface area contributed by atoms with Crippen LogP contribution in [0.4, 0.5) is 0 Å². The Morgan fingerprint density at radius 3 is 2.76 bits per heavy atom. The smallest absolute Gasteiger partial charge is 0.222 e. The van der Waals surface area contributed by atoms with Crippen molar-refractivity contribution in [3.8, 4) is 0 Å². The van der Waals surface area contributed by atoms with Crippen LogP contribution in [-0.4, -0.2) is 22.2 Å². The average molecular weight is 237 g/mol. The first-order chi connectivity index (χ1) is 8.04. The van der Waals surface area contributed by atoms with Crippen molar-refractivity contribution in [2.24, 2.45) is 5.92 Å². The lowest BCUT2D eigenvalue weighted by atomic mass is 10.1. The van der Waals surface area contributed by atoms with Crippen molar-refractivity contribution in [2.45, 2.75) is 47.1 Å². The van der Waals surface area contributed by atoms with Crippen LogP contribution in [0.3, 0.4) is 0 Å². The highest BCUT2D eigenvalue weighted by molar-refractivity contribution is 5.78. The third-order valence-corrected chi connectivity index (χ3v) is 3.01. The Morgan fingerprint density at radius 1 is 1.53 bits per heavy atom. The normalized spacial score (nSPS) is 12.5. The minimum atomic E-state index is 0.115. The first-order valence-electron chi connectivity index (χ1n) is 6.33. The van der Waals surface area contributed by atoms with Gasteiger partial charge in [-0.25, -0.2) is 0 Å². The number of carbonyl (C=O) groups excluding carboxylic acids is 1. The summed E-state index contributed by atoms with van der Waals surface area (Å²) in [7, 11) is 0. The molecule has 0 bridgehead atoms. The fourth-order valence-corrected chi connectivity index (χ4v) is 1.70. The van der Waals surface area contributed by atoms with Gasteiger partial charge >= 0.3 is 0 Å². The zero-order chi connectivity index (χ0) is 12.8. The predicted octanol–water partition coefficient (Wildman–Crippen LogP) is 2.05. The maximum Gasteiger partial charge on any atom is 0.222 e. The third-order valence-electron chi connectivity index (χ3n) is 3.01. The maximum atomic E-state index is 11.5. The third kappa shape index (κ3) is 4.21. The molecule has 0 saturated heterocycles. The highest BCUT2D eigenvalue weighted by Crippen LogP contribution is 2.03. The van der Waals surface area contributed by atoms with Crippen LogP contribution in [0.1, 0.15) is 38.1 Å². The molecule has 0 spiro atoms. The Bertz CT molecular complexity index is 371. The number of hydrogen-bond donors (Lipinski definition) is 1. The van der Waals surface area contributed by atoms with Gasteiger partial charge in [0.2, 0.25) is 5.91 Å². The van der Waals surface area contributed by atoms with Crippen molar-refractivity contribution in [1.82, 2.24) is 15.1 Å². The number of aryl methyl sites for hydroxylation is 3. The first-order valence-corrected chi connectivity index (χ1v) is 6.33. The van der Waals surface area contributed by atoms with Gasteiger partial charge in [0, 0.05) is 24.7 Å². The van der Waals surface area contributed by atoms with Gasteiger partial charge in [0.1, 0.15) is 0 Å². The molecule has 1 atom stereocenters. The summed E-state index contributed by atoms with van der Waals surface area (Å²) in [5.41, 5.74) is 2.22. The molecule has 4 heteroatoms. The van der Waals surface area contributed by atoms with Gasteiger partial charge in [0.15, 0.2) is 0 Å². The van der Waals surface area contributed by atoms with Crippen LogP contribution in [0.15, 0.2) is 6.07 Å². The number of carbonyl (C=O) groups is 1. The molecule has 1 N–H and O–H groups in total. The van der Waals surface area contributed by atoms with Gasteiger partial charge in [-0.15, -0.1) is 0 Å². The van der Waals surface area contributed by atoms with Gasteiger partial charge in [-0.3, -0.25) is 9.48 Å². The van der Waals surface area contributed by atoms with E-state index < -0.39 is 0 Å². The van der Waals surface area contributed by atoms with Crippen LogP contribution in [0.5, 0.6) is 0 Å². The maximum absolute atomic E-state index is 11.5. The number of amides is 1. The Hall–Kier alpha value is -1.32. The highest BCUT2D eigenvalue weighted by Gasteiger charge is 2.08. The number of rotatable bonds is 6. The topological polar surface area (TPSA) is 46.9 Å². The highest BCUT2D eigenvalue weighted by atomic mass is 16.1.